The van der Waals surface area contributed by atoms with Crippen LogP contribution in [0.4, 0.5) is 5.69 Å². The van der Waals surface area contributed by atoms with Gasteiger partial charge < -0.3 is 5.32 Å². The van der Waals surface area contributed by atoms with Crippen LogP contribution in [0.3, 0.4) is 0 Å². The Labute approximate surface area is 120 Å². The van der Waals surface area contributed by atoms with Gasteiger partial charge in [-0.05, 0) is 31.4 Å². The molecule has 1 amide bonds. The molecule has 1 aromatic carbocycles. The van der Waals surface area contributed by atoms with Crippen molar-refractivity contribution in [2.75, 3.05) is 5.33 Å². The van der Waals surface area contributed by atoms with Crippen LogP contribution in [-0.4, -0.2) is 22.2 Å². The van der Waals surface area contributed by atoms with Crippen LogP contribution < -0.4 is 5.32 Å². The highest BCUT2D eigenvalue weighted by atomic mass is 79.9. The highest BCUT2D eigenvalue weighted by Crippen LogP contribution is 2.20. The number of hydrogen-bond acceptors (Lipinski definition) is 3. The predicted molar refractivity (Wildman–Crippen MR) is 77.7 cm³/mol. The molecule has 1 N–H and O–H groups in total. The molecule has 0 aliphatic rings. The molecule has 6 heteroatoms. The van der Waals surface area contributed by atoms with Crippen molar-refractivity contribution in [2.45, 2.75) is 26.8 Å². The van der Waals surface area contributed by atoms with E-state index < -0.39 is 10.8 Å². The van der Waals surface area contributed by atoms with E-state index in [1.807, 2.05) is 13.8 Å². The standard InChI is InChI=1S/C13H17BrN2O3/c1-8-4-5-12(16(18)19)11(6-8)13(17)15-10(3)9(2)7-14/h4-6,9-10H,7H2,1-3H3,(H,15,17). The molecule has 19 heavy (non-hydrogen) atoms. The second kappa shape index (κ2) is 6.65. The Morgan fingerprint density at radius 2 is 2.11 bits per heavy atom. The average Bonchev–Trinajstić information content (AvgIpc) is 2.36. The Balaban J connectivity index is 2.99. The predicted octanol–water partition coefficient (Wildman–Crippen LogP) is 3.05. The fourth-order valence-corrected chi connectivity index (χ4v) is 2.11. The molecule has 1 aromatic rings. The third-order valence-electron chi connectivity index (χ3n) is 3.05. The molecular weight excluding hydrogens is 312 g/mol. The van der Waals surface area contributed by atoms with E-state index in [-0.39, 0.29) is 23.2 Å². The van der Waals surface area contributed by atoms with Crippen LogP contribution in [0.15, 0.2) is 18.2 Å². The lowest BCUT2D eigenvalue weighted by molar-refractivity contribution is -0.385. The lowest BCUT2D eigenvalue weighted by atomic mass is 10.0. The van der Waals surface area contributed by atoms with Crippen LogP contribution in [0.5, 0.6) is 0 Å². The minimum Gasteiger partial charge on any atom is -0.349 e. The number of carbonyl (C=O) groups excluding carboxylic acids is 1. The molecule has 2 atom stereocenters. The number of carbonyl (C=O) groups is 1. The van der Waals surface area contributed by atoms with Gasteiger partial charge in [0.05, 0.1) is 4.92 Å². The van der Waals surface area contributed by atoms with Crippen molar-refractivity contribution in [1.82, 2.24) is 5.32 Å². The fraction of sp³-hybridized carbons (Fsp3) is 0.462. The number of nitrogens with one attached hydrogen (secondary N) is 1. The maximum atomic E-state index is 12.1. The number of nitro benzene ring substituents is 1. The molecule has 0 heterocycles. The quantitative estimate of drug-likeness (QED) is 0.513. The summed E-state index contributed by atoms with van der Waals surface area (Å²) >= 11 is 3.35. The first-order valence-electron chi connectivity index (χ1n) is 5.98. The van der Waals surface area contributed by atoms with Crippen molar-refractivity contribution in [2.24, 2.45) is 5.92 Å². The van der Waals surface area contributed by atoms with Crippen LogP contribution in [-0.2, 0) is 0 Å². The number of aryl methyl sites for hydroxylation is 1. The van der Waals surface area contributed by atoms with Crippen molar-refractivity contribution in [3.63, 3.8) is 0 Å². The number of alkyl halides is 1. The van der Waals surface area contributed by atoms with Gasteiger partial charge in [-0.2, -0.15) is 0 Å². The molecule has 0 saturated carbocycles. The Morgan fingerprint density at radius 1 is 1.47 bits per heavy atom. The Bertz CT molecular complexity index is 491. The Kier molecular flexibility index (Phi) is 5.47. The van der Waals surface area contributed by atoms with E-state index in [0.29, 0.717) is 0 Å². The molecule has 0 saturated heterocycles. The molecule has 2 unspecified atom stereocenters. The summed E-state index contributed by atoms with van der Waals surface area (Å²) in [5, 5.41) is 14.5. The zero-order valence-electron chi connectivity index (χ0n) is 11.1. The Morgan fingerprint density at radius 3 is 2.63 bits per heavy atom. The first-order chi connectivity index (χ1) is 8.86. The number of rotatable bonds is 5. The number of benzene rings is 1. The van der Waals surface area contributed by atoms with Gasteiger partial charge in [-0.1, -0.05) is 28.9 Å². The SMILES string of the molecule is Cc1ccc([N+](=O)[O-])c(C(=O)NC(C)C(C)CBr)c1. The van der Waals surface area contributed by atoms with E-state index in [1.54, 1.807) is 19.1 Å². The number of amides is 1. The maximum absolute atomic E-state index is 12.1. The van der Waals surface area contributed by atoms with Gasteiger partial charge in [0.2, 0.25) is 0 Å². The molecule has 0 fully saturated rings. The summed E-state index contributed by atoms with van der Waals surface area (Å²) in [5.74, 6) is -0.163. The van der Waals surface area contributed by atoms with Crippen LogP contribution in [0.25, 0.3) is 0 Å². The topological polar surface area (TPSA) is 72.2 Å². The van der Waals surface area contributed by atoms with E-state index in [1.165, 1.54) is 6.07 Å². The second-order valence-electron chi connectivity index (χ2n) is 4.67. The van der Waals surface area contributed by atoms with E-state index in [0.717, 1.165) is 10.9 Å². The third-order valence-corrected chi connectivity index (χ3v) is 4.07. The summed E-state index contributed by atoms with van der Waals surface area (Å²) in [4.78, 5) is 22.5. The second-order valence-corrected chi connectivity index (χ2v) is 5.32. The van der Waals surface area contributed by atoms with Gasteiger partial charge in [-0.15, -0.1) is 0 Å². The average molecular weight is 329 g/mol. The number of nitro groups is 1. The number of halogens is 1. The zero-order valence-corrected chi connectivity index (χ0v) is 12.7. The highest BCUT2D eigenvalue weighted by molar-refractivity contribution is 9.09. The number of nitrogens with zero attached hydrogens (tertiary/aromatic N) is 1. The van der Waals surface area contributed by atoms with E-state index >= 15 is 0 Å². The monoisotopic (exact) mass is 328 g/mol. The zero-order chi connectivity index (χ0) is 14.6. The normalized spacial score (nSPS) is 13.7. The molecule has 0 aliphatic heterocycles. The molecule has 1 rings (SSSR count). The molecule has 104 valence electrons. The summed E-state index contributed by atoms with van der Waals surface area (Å²) in [6, 6.07) is 4.47. The lowest BCUT2D eigenvalue weighted by Crippen LogP contribution is -2.37. The first kappa shape index (κ1) is 15.6. The third kappa shape index (κ3) is 4.02. The minimum absolute atomic E-state index is 0.0630. The summed E-state index contributed by atoms with van der Waals surface area (Å²) < 4.78 is 0. The van der Waals surface area contributed by atoms with Gasteiger partial charge >= 0.3 is 0 Å². The molecule has 0 spiro atoms. The maximum Gasteiger partial charge on any atom is 0.282 e. The van der Waals surface area contributed by atoms with Crippen LogP contribution in [0.2, 0.25) is 0 Å². The fourth-order valence-electron chi connectivity index (χ4n) is 1.55. The minimum atomic E-state index is -0.535. The van der Waals surface area contributed by atoms with Crippen molar-refractivity contribution in [3.8, 4) is 0 Å². The summed E-state index contributed by atoms with van der Waals surface area (Å²) in [6.45, 7) is 5.67. The van der Waals surface area contributed by atoms with Crippen LogP contribution in [0.1, 0.15) is 29.8 Å². The van der Waals surface area contributed by atoms with Crippen molar-refractivity contribution in [3.05, 3.63) is 39.4 Å². The van der Waals surface area contributed by atoms with Gasteiger partial charge in [-0.25, -0.2) is 0 Å². The summed E-state index contributed by atoms with van der Waals surface area (Å²) in [5.41, 5.74) is 0.761. The summed E-state index contributed by atoms with van der Waals surface area (Å²) in [7, 11) is 0. The van der Waals surface area contributed by atoms with E-state index in [4.69, 9.17) is 0 Å². The van der Waals surface area contributed by atoms with Gasteiger partial charge in [0.1, 0.15) is 5.56 Å². The van der Waals surface area contributed by atoms with Crippen molar-refractivity contribution in [1.29, 1.82) is 0 Å². The van der Waals surface area contributed by atoms with Crippen LogP contribution in [0, 0.1) is 23.0 Å². The van der Waals surface area contributed by atoms with E-state index in [9.17, 15) is 14.9 Å². The highest BCUT2D eigenvalue weighted by Gasteiger charge is 2.22. The van der Waals surface area contributed by atoms with Gasteiger partial charge in [0.15, 0.2) is 0 Å². The molecule has 0 aliphatic carbocycles. The van der Waals surface area contributed by atoms with Gasteiger partial charge in [0, 0.05) is 17.4 Å². The number of hydrogen-bond donors (Lipinski definition) is 1. The first-order valence-corrected chi connectivity index (χ1v) is 7.10. The molecule has 0 radical (unpaired) electrons. The van der Waals surface area contributed by atoms with Crippen molar-refractivity contribution < 1.29 is 9.72 Å². The molecular formula is C13H17BrN2O3. The van der Waals surface area contributed by atoms with Gasteiger partial charge in [0.25, 0.3) is 11.6 Å². The molecule has 0 bridgehead atoms. The van der Waals surface area contributed by atoms with Crippen LogP contribution >= 0.6 is 15.9 Å². The summed E-state index contributed by atoms with van der Waals surface area (Å²) in [6.07, 6.45) is 0. The lowest BCUT2D eigenvalue weighted by Gasteiger charge is -2.19. The van der Waals surface area contributed by atoms with E-state index in [2.05, 4.69) is 21.2 Å². The van der Waals surface area contributed by atoms with Gasteiger partial charge in [-0.3, -0.25) is 14.9 Å². The molecule has 0 aromatic heterocycles. The Hall–Kier alpha value is -1.43. The smallest absolute Gasteiger partial charge is 0.282 e. The van der Waals surface area contributed by atoms with Crippen molar-refractivity contribution >= 4 is 27.5 Å². The largest absolute Gasteiger partial charge is 0.349 e. The molecule has 5 nitrogen and oxygen atoms in total.